The summed E-state index contributed by atoms with van der Waals surface area (Å²) in [6.45, 7) is 1.89. The molecule has 2 rings (SSSR count). The molecule has 0 aromatic heterocycles. The number of nitrogens with zero attached hydrogens (tertiary/aromatic N) is 1. The zero-order valence-electron chi connectivity index (χ0n) is 8.07. The van der Waals surface area contributed by atoms with Crippen molar-refractivity contribution in [3.05, 3.63) is 42.5 Å². The summed E-state index contributed by atoms with van der Waals surface area (Å²) in [5.41, 5.74) is 4.05. The Morgan fingerprint density at radius 3 is 2.71 bits per heavy atom. The minimum absolute atomic E-state index is 1.04. The van der Waals surface area contributed by atoms with Gasteiger partial charge in [-0.1, -0.05) is 36.4 Å². The zero-order valence-corrected chi connectivity index (χ0v) is 8.07. The van der Waals surface area contributed by atoms with Gasteiger partial charge in [-0.3, -0.25) is 5.43 Å². The van der Waals surface area contributed by atoms with E-state index in [4.69, 9.17) is 0 Å². The van der Waals surface area contributed by atoms with Crippen LogP contribution in [-0.4, -0.2) is 6.21 Å². The van der Waals surface area contributed by atoms with Gasteiger partial charge in [0, 0.05) is 11.6 Å². The van der Waals surface area contributed by atoms with Crippen LogP contribution in [0.5, 0.6) is 0 Å². The Morgan fingerprint density at radius 2 is 1.86 bits per heavy atom. The van der Waals surface area contributed by atoms with E-state index in [-0.39, 0.29) is 0 Å². The highest BCUT2D eigenvalue weighted by molar-refractivity contribution is 5.93. The summed E-state index contributed by atoms with van der Waals surface area (Å²) < 4.78 is 0. The second-order valence-electron chi connectivity index (χ2n) is 3.03. The van der Waals surface area contributed by atoms with E-state index in [1.54, 1.807) is 6.21 Å². The summed E-state index contributed by atoms with van der Waals surface area (Å²) in [4.78, 5) is 0. The van der Waals surface area contributed by atoms with Gasteiger partial charge in [-0.05, 0) is 18.4 Å². The number of fused-ring (bicyclic) bond motifs is 1. The molecule has 0 aliphatic heterocycles. The molecule has 70 valence electrons. The minimum Gasteiger partial charge on any atom is -0.278 e. The van der Waals surface area contributed by atoms with Crippen LogP contribution in [0.3, 0.4) is 0 Å². The van der Waals surface area contributed by atoms with Crippen LogP contribution in [0.2, 0.25) is 0 Å². The molecule has 0 saturated carbocycles. The molecule has 2 nitrogen and oxygen atoms in total. The van der Waals surface area contributed by atoms with E-state index in [0.29, 0.717) is 0 Å². The molecule has 0 radical (unpaired) electrons. The van der Waals surface area contributed by atoms with Gasteiger partial charge in [0.2, 0.25) is 0 Å². The van der Waals surface area contributed by atoms with Gasteiger partial charge < -0.3 is 0 Å². The van der Waals surface area contributed by atoms with Gasteiger partial charge in [0.15, 0.2) is 0 Å². The van der Waals surface area contributed by atoms with Crippen molar-refractivity contribution in [2.24, 2.45) is 5.10 Å². The van der Waals surface area contributed by atoms with Gasteiger partial charge in [0.1, 0.15) is 0 Å². The Hall–Kier alpha value is -1.83. The molecule has 1 N–H and O–H groups in total. The van der Waals surface area contributed by atoms with Gasteiger partial charge in [-0.25, -0.2) is 0 Å². The van der Waals surface area contributed by atoms with Crippen molar-refractivity contribution >= 4 is 22.7 Å². The summed E-state index contributed by atoms with van der Waals surface area (Å²) in [5.74, 6) is 0. The van der Waals surface area contributed by atoms with Crippen molar-refractivity contribution in [2.75, 3.05) is 5.43 Å². The Labute approximate surface area is 83.3 Å². The molecular weight excluding hydrogens is 172 g/mol. The Balaban J connectivity index is 2.53. The van der Waals surface area contributed by atoms with Crippen LogP contribution in [0.1, 0.15) is 6.92 Å². The van der Waals surface area contributed by atoms with Gasteiger partial charge in [0.25, 0.3) is 0 Å². The van der Waals surface area contributed by atoms with Crippen LogP contribution < -0.4 is 5.43 Å². The second kappa shape index (κ2) is 3.92. The summed E-state index contributed by atoms with van der Waals surface area (Å²) in [5, 5.41) is 6.44. The quantitative estimate of drug-likeness (QED) is 0.562. The third kappa shape index (κ3) is 1.59. The fourth-order valence-corrected chi connectivity index (χ4v) is 1.46. The monoisotopic (exact) mass is 184 g/mol. The highest BCUT2D eigenvalue weighted by Crippen LogP contribution is 2.22. The Bertz CT molecular complexity index is 455. The van der Waals surface area contributed by atoms with Gasteiger partial charge >= 0.3 is 0 Å². The van der Waals surface area contributed by atoms with Crippen molar-refractivity contribution in [3.63, 3.8) is 0 Å². The number of benzene rings is 2. The Kier molecular flexibility index (Phi) is 2.45. The number of hydrogen-bond acceptors (Lipinski definition) is 2. The summed E-state index contributed by atoms with van der Waals surface area (Å²) in [7, 11) is 0. The molecule has 0 heterocycles. The number of nitrogens with one attached hydrogen (secondary N) is 1. The predicted molar refractivity (Wildman–Crippen MR) is 61.7 cm³/mol. The molecule has 14 heavy (non-hydrogen) atoms. The summed E-state index contributed by atoms with van der Waals surface area (Å²) in [6, 6.07) is 14.4. The maximum atomic E-state index is 4.02. The molecule has 0 unspecified atom stereocenters. The fraction of sp³-hybridized carbons (Fsp3) is 0.0833. The number of anilines is 1. The van der Waals surface area contributed by atoms with E-state index in [2.05, 4.69) is 28.7 Å². The third-order valence-corrected chi connectivity index (χ3v) is 2.10. The first-order valence-corrected chi connectivity index (χ1v) is 4.63. The molecule has 0 aliphatic carbocycles. The highest BCUT2D eigenvalue weighted by atomic mass is 15.3. The molecule has 0 amide bonds. The normalized spacial score (nSPS) is 10.9. The van der Waals surface area contributed by atoms with Crippen molar-refractivity contribution < 1.29 is 0 Å². The molecule has 0 spiro atoms. The maximum Gasteiger partial charge on any atom is 0.0640 e. The molecule has 0 aliphatic rings. The van der Waals surface area contributed by atoms with Crippen LogP contribution in [-0.2, 0) is 0 Å². The first-order chi connectivity index (χ1) is 6.92. The number of rotatable bonds is 2. The standard InChI is InChI=1S/C12H12N2/c1-2-13-14-12-9-5-7-10-6-3-4-8-11(10)12/h2-9,14H,1H3/b13-2+. The van der Waals surface area contributed by atoms with E-state index in [1.807, 2.05) is 31.2 Å². The smallest absolute Gasteiger partial charge is 0.0640 e. The molecule has 0 atom stereocenters. The lowest BCUT2D eigenvalue weighted by Gasteiger charge is -2.04. The van der Waals surface area contributed by atoms with Crippen molar-refractivity contribution in [3.8, 4) is 0 Å². The summed E-state index contributed by atoms with van der Waals surface area (Å²) >= 11 is 0. The van der Waals surface area contributed by atoms with Crippen molar-refractivity contribution in [1.82, 2.24) is 0 Å². The third-order valence-electron chi connectivity index (χ3n) is 2.10. The van der Waals surface area contributed by atoms with Crippen molar-refractivity contribution in [1.29, 1.82) is 0 Å². The van der Waals surface area contributed by atoms with Crippen LogP contribution >= 0.6 is 0 Å². The molecular formula is C12H12N2. The van der Waals surface area contributed by atoms with Crippen LogP contribution in [0.15, 0.2) is 47.6 Å². The average molecular weight is 184 g/mol. The lowest BCUT2D eigenvalue weighted by Crippen LogP contribution is -1.88. The van der Waals surface area contributed by atoms with E-state index >= 15 is 0 Å². The molecule has 2 aromatic rings. The van der Waals surface area contributed by atoms with Gasteiger partial charge in [0.05, 0.1) is 5.69 Å². The average Bonchev–Trinajstić information content (AvgIpc) is 2.26. The molecule has 0 bridgehead atoms. The van der Waals surface area contributed by atoms with Crippen LogP contribution in [0.25, 0.3) is 10.8 Å². The first kappa shape index (κ1) is 8.75. The SMILES string of the molecule is C/C=N/Nc1cccc2ccccc12. The lowest BCUT2D eigenvalue weighted by molar-refractivity contribution is 1.36. The molecule has 2 aromatic carbocycles. The molecule has 0 fully saturated rings. The van der Waals surface area contributed by atoms with Crippen molar-refractivity contribution in [2.45, 2.75) is 6.92 Å². The highest BCUT2D eigenvalue weighted by Gasteiger charge is 1.96. The first-order valence-electron chi connectivity index (χ1n) is 4.63. The minimum atomic E-state index is 1.04. The van der Waals surface area contributed by atoms with E-state index in [1.165, 1.54) is 10.8 Å². The Morgan fingerprint density at radius 1 is 1.07 bits per heavy atom. The molecule has 0 saturated heterocycles. The lowest BCUT2D eigenvalue weighted by atomic mass is 10.1. The van der Waals surface area contributed by atoms with E-state index in [0.717, 1.165) is 5.69 Å². The second-order valence-corrected chi connectivity index (χ2v) is 3.03. The largest absolute Gasteiger partial charge is 0.278 e. The molecule has 2 heteroatoms. The number of hydrogen-bond donors (Lipinski definition) is 1. The topological polar surface area (TPSA) is 24.4 Å². The zero-order chi connectivity index (χ0) is 9.80. The summed E-state index contributed by atoms with van der Waals surface area (Å²) in [6.07, 6.45) is 1.74. The predicted octanol–water partition coefficient (Wildman–Crippen LogP) is 3.26. The number of hydrazone groups is 1. The van der Waals surface area contributed by atoms with Gasteiger partial charge in [-0.2, -0.15) is 5.10 Å². The fourth-order valence-electron chi connectivity index (χ4n) is 1.46. The van der Waals surface area contributed by atoms with Gasteiger partial charge in [-0.15, -0.1) is 0 Å². The van der Waals surface area contributed by atoms with Crippen LogP contribution in [0.4, 0.5) is 5.69 Å². The van der Waals surface area contributed by atoms with Crippen LogP contribution in [0, 0.1) is 0 Å². The van der Waals surface area contributed by atoms with E-state index < -0.39 is 0 Å². The van der Waals surface area contributed by atoms with E-state index in [9.17, 15) is 0 Å². The maximum absolute atomic E-state index is 4.02.